The summed E-state index contributed by atoms with van der Waals surface area (Å²) in [6.45, 7) is 7.80. The molecule has 0 radical (unpaired) electrons. The van der Waals surface area contributed by atoms with Crippen molar-refractivity contribution in [1.29, 1.82) is 0 Å². The Labute approximate surface area is 79.7 Å². The van der Waals surface area contributed by atoms with Crippen LogP contribution in [0.3, 0.4) is 0 Å². The van der Waals surface area contributed by atoms with Crippen molar-refractivity contribution in [2.75, 3.05) is 32.7 Å². The van der Waals surface area contributed by atoms with Gasteiger partial charge >= 0.3 is 0 Å². The Morgan fingerprint density at radius 2 is 1.92 bits per heavy atom. The molecule has 0 aliphatic carbocycles. The molecule has 0 N–H and O–H groups in total. The van der Waals surface area contributed by atoms with Crippen LogP contribution in [0.25, 0.3) is 0 Å². The van der Waals surface area contributed by atoms with Crippen molar-refractivity contribution in [3.05, 3.63) is 0 Å². The first-order valence-corrected chi connectivity index (χ1v) is 5.27. The summed E-state index contributed by atoms with van der Waals surface area (Å²) in [6, 6.07) is 0.744. The lowest BCUT2D eigenvalue weighted by molar-refractivity contribution is -0.122. The molecule has 0 unspecified atom stereocenters. The maximum Gasteiger partial charge on any atom is 0.135 e. The molecule has 0 aromatic rings. The van der Waals surface area contributed by atoms with Crippen LogP contribution in [0.4, 0.5) is 0 Å². The van der Waals surface area contributed by atoms with Gasteiger partial charge in [0, 0.05) is 45.1 Å². The Morgan fingerprint density at radius 1 is 1.31 bits per heavy atom. The normalized spacial score (nSPS) is 27.6. The van der Waals surface area contributed by atoms with Crippen LogP contribution in [0, 0.1) is 0 Å². The molecule has 0 spiro atoms. The number of likely N-dealkylation sites (N-methyl/N-ethyl adjacent to an activating group) is 1. The highest BCUT2D eigenvalue weighted by Gasteiger charge is 2.32. The van der Waals surface area contributed by atoms with Gasteiger partial charge in [0.25, 0.3) is 0 Å². The second-order valence-corrected chi connectivity index (χ2v) is 4.08. The van der Waals surface area contributed by atoms with Crippen molar-refractivity contribution in [1.82, 2.24) is 9.80 Å². The fraction of sp³-hybridized carbons (Fsp3) is 0.900. The summed E-state index contributed by atoms with van der Waals surface area (Å²) < 4.78 is 0. The Hall–Kier alpha value is -0.410. The molecule has 0 saturated carbocycles. The third-order valence-corrected chi connectivity index (χ3v) is 3.26. The van der Waals surface area contributed by atoms with Gasteiger partial charge in [-0.3, -0.25) is 9.69 Å². The van der Waals surface area contributed by atoms with Crippen LogP contribution >= 0.6 is 0 Å². The van der Waals surface area contributed by atoms with Crippen LogP contribution in [-0.2, 0) is 4.79 Å². The van der Waals surface area contributed by atoms with Gasteiger partial charge < -0.3 is 4.90 Å². The van der Waals surface area contributed by atoms with Crippen LogP contribution < -0.4 is 0 Å². The van der Waals surface area contributed by atoms with Crippen molar-refractivity contribution in [3.63, 3.8) is 0 Å². The van der Waals surface area contributed by atoms with Gasteiger partial charge in [-0.1, -0.05) is 6.92 Å². The molecule has 2 rings (SSSR count). The lowest BCUT2D eigenvalue weighted by Gasteiger charge is -2.46. The maximum atomic E-state index is 11.0. The summed E-state index contributed by atoms with van der Waals surface area (Å²) in [7, 11) is 0. The SMILES string of the molecule is CCN1CC(N2CCC(=O)CC2)C1. The number of ketones is 1. The zero-order valence-corrected chi connectivity index (χ0v) is 8.33. The summed E-state index contributed by atoms with van der Waals surface area (Å²) in [5, 5.41) is 0. The number of hydrogen-bond acceptors (Lipinski definition) is 3. The summed E-state index contributed by atoms with van der Waals surface area (Å²) in [6.07, 6.45) is 1.56. The van der Waals surface area contributed by atoms with Crippen molar-refractivity contribution < 1.29 is 4.79 Å². The van der Waals surface area contributed by atoms with Gasteiger partial charge in [0.2, 0.25) is 0 Å². The van der Waals surface area contributed by atoms with Crippen molar-refractivity contribution in [3.8, 4) is 0 Å². The number of carbonyl (C=O) groups is 1. The second kappa shape index (κ2) is 3.76. The van der Waals surface area contributed by atoms with E-state index in [0.717, 1.165) is 32.0 Å². The van der Waals surface area contributed by atoms with Gasteiger partial charge in [-0.05, 0) is 6.54 Å². The lowest BCUT2D eigenvalue weighted by atomic mass is 10.0. The summed E-state index contributed by atoms with van der Waals surface area (Å²) in [5.41, 5.74) is 0. The van der Waals surface area contributed by atoms with E-state index in [0.29, 0.717) is 5.78 Å². The average Bonchev–Trinajstić information content (AvgIpc) is 2.06. The molecule has 2 aliphatic rings. The molecule has 2 saturated heterocycles. The Morgan fingerprint density at radius 3 is 2.46 bits per heavy atom. The Kier molecular flexibility index (Phi) is 2.65. The summed E-state index contributed by atoms with van der Waals surface area (Å²) in [5.74, 6) is 0.447. The Balaban J connectivity index is 1.74. The van der Waals surface area contributed by atoms with Gasteiger partial charge in [0.15, 0.2) is 0 Å². The minimum atomic E-state index is 0.447. The minimum absolute atomic E-state index is 0.447. The fourth-order valence-corrected chi connectivity index (χ4v) is 2.17. The van der Waals surface area contributed by atoms with E-state index in [1.54, 1.807) is 0 Å². The largest absolute Gasteiger partial charge is 0.300 e. The number of likely N-dealkylation sites (tertiary alicyclic amines) is 2. The fourth-order valence-electron chi connectivity index (χ4n) is 2.17. The third kappa shape index (κ3) is 1.92. The van der Waals surface area contributed by atoms with E-state index in [9.17, 15) is 4.79 Å². The molecule has 3 nitrogen and oxygen atoms in total. The molecule has 0 aromatic carbocycles. The van der Waals surface area contributed by atoms with Crippen LogP contribution in [0.5, 0.6) is 0 Å². The van der Waals surface area contributed by atoms with Gasteiger partial charge in [-0.2, -0.15) is 0 Å². The average molecular weight is 182 g/mol. The number of carbonyl (C=O) groups excluding carboxylic acids is 1. The number of rotatable bonds is 2. The van der Waals surface area contributed by atoms with Crippen LogP contribution in [-0.4, -0.2) is 54.3 Å². The molecular formula is C10H18N2O. The third-order valence-electron chi connectivity index (χ3n) is 3.26. The minimum Gasteiger partial charge on any atom is -0.300 e. The van der Waals surface area contributed by atoms with Crippen LogP contribution in [0.15, 0.2) is 0 Å². The highest BCUT2D eigenvalue weighted by molar-refractivity contribution is 5.79. The van der Waals surface area contributed by atoms with E-state index in [2.05, 4.69) is 16.7 Å². The first-order chi connectivity index (χ1) is 6.29. The molecule has 0 atom stereocenters. The number of hydrogen-bond donors (Lipinski definition) is 0. The van der Waals surface area contributed by atoms with Crippen LogP contribution in [0.1, 0.15) is 19.8 Å². The number of piperidine rings is 1. The van der Waals surface area contributed by atoms with Gasteiger partial charge in [0.1, 0.15) is 5.78 Å². The molecule has 2 heterocycles. The second-order valence-electron chi connectivity index (χ2n) is 4.08. The van der Waals surface area contributed by atoms with E-state index >= 15 is 0 Å². The van der Waals surface area contributed by atoms with Gasteiger partial charge in [-0.25, -0.2) is 0 Å². The van der Waals surface area contributed by atoms with E-state index < -0.39 is 0 Å². The predicted octanol–water partition coefficient (Wildman–Crippen LogP) is 0.355. The smallest absolute Gasteiger partial charge is 0.135 e. The standard InChI is InChI=1S/C10H18N2O/c1-2-11-7-9(8-11)12-5-3-10(13)4-6-12/h9H,2-8H2,1H3. The summed E-state index contributed by atoms with van der Waals surface area (Å²) in [4.78, 5) is 15.9. The molecule has 74 valence electrons. The number of nitrogens with zero attached hydrogens (tertiary/aromatic N) is 2. The number of Topliss-reactive ketones (excluding diaryl/α,β-unsaturated/α-hetero) is 1. The van der Waals surface area contributed by atoms with Crippen LogP contribution in [0.2, 0.25) is 0 Å². The van der Waals surface area contributed by atoms with Gasteiger partial charge in [-0.15, -0.1) is 0 Å². The van der Waals surface area contributed by atoms with E-state index in [1.807, 2.05) is 0 Å². The molecular weight excluding hydrogens is 164 g/mol. The molecule has 0 bridgehead atoms. The molecule has 0 aromatic heterocycles. The molecule has 3 heteroatoms. The first kappa shape index (κ1) is 9.16. The maximum absolute atomic E-state index is 11.0. The van der Waals surface area contributed by atoms with Gasteiger partial charge in [0.05, 0.1) is 0 Å². The monoisotopic (exact) mass is 182 g/mol. The first-order valence-electron chi connectivity index (χ1n) is 5.27. The highest BCUT2D eigenvalue weighted by Crippen LogP contribution is 2.17. The van der Waals surface area contributed by atoms with Crippen molar-refractivity contribution >= 4 is 5.78 Å². The quantitative estimate of drug-likeness (QED) is 0.616. The molecule has 0 amide bonds. The van der Waals surface area contributed by atoms with E-state index in [4.69, 9.17) is 0 Å². The molecule has 13 heavy (non-hydrogen) atoms. The van der Waals surface area contributed by atoms with E-state index in [1.165, 1.54) is 19.6 Å². The summed E-state index contributed by atoms with van der Waals surface area (Å²) >= 11 is 0. The molecule has 2 aliphatic heterocycles. The van der Waals surface area contributed by atoms with E-state index in [-0.39, 0.29) is 0 Å². The molecule has 2 fully saturated rings. The zero-order chi connectivity index (χ0) is 9.26. The highest BCUT2D eigenvalue weighted by atomic mass is 16.1. The Bertz CT molecular complexity index is 189. The predicted molar refractivity (Wildman–Crippen MR) is 51.7 cm³/mol. The van der Waals surface area contributed by atoms with Crippen molar-refractivity contribution in [2.45, 2.75) is 25.8 Å². The van der Waals surface area contributed by atoms with Crippen molar-refractivity contribution in [2.24, 2.45) is 0 Å². The topological polar surface area (TPSA) is 23.6 Å². The lowest BCUT2D eigenvalue weighted by Crippen LogP contribution is -2.60. The zero-order valence-electron chi connectivity index (χ0n) is 8.33.